The molecule has 1 aromatic rings. The summed E-state index contributed by atoms with van der Waals surface area (Å²) in [5.41, 5.74) is 0.377. The Bertz CT molecular complexity index is 551. The average molecular weight is 349 g/mol. The Morgan fingerprint density at radius 2 is 2.00 bits per heavy atom. The van der Waals surface area contributed by atoms with Crippen molar-refractivity contribution >= 4 is 24.3 Å². The van der Waals surface area contributed by atoms with E-state index in [4.69, 9.17) is 4.74 Å². The number of hydrogen-bond donors (Lipinski definition) is 1. The average Bonchev–Trinajstić information content (AvgIpc) is 2.42. The van der Waals surface area contributed by atoms with Gasteiger partial charge in [-0.25, -0.2) is 8.78 Å². The molecule has 1 aliphatic rings. The zero-order valence-electron chi connectivity index (χ0n) is 12.7. The number of carbonyl (C=O) groups excluding carboxylic acids is 2. The van der Waals surface area contributed by atoms with Gasteiger partial charge in [-0.2, -0.15) is 0 Å². The van der Waals surface area contributed by atoms with Crippen LogP contribution in [0.25, 0.3) is 0 Å². The SMILES string of the molecule is CCOC(=O)CC1NCCN(Cc2cc(F)cc(F)c2)C1=O.Cl. The van der Waals surface area contributed by atoms with E-state index in [9.17, 15) is 18.4 Å². The van der Waals surface area contributed by atoms with Crippen LogP contribution in [0.1, 0.15) is 18.9 Å². The summed E-state index contributed by atoms with van der Waals surface area (Å²) in [6.07, 6.45) is -0.0549. The van der Waals surface area contributed by atoms with Crippen LogP contribution in [0.4, 0.5) is 8.78 Å². The number of carbonyl (C=O) groups is 2. The lowest BCUT2D eigenvalue weighted by Gasteiger charge is -2.32. The summed E-state index contributed by atoms with van der Waals surface area (Å²) in [6.45, 7) is 2.98. The molecule has 0 radical (unpaired) electrons. The molecular weight excluding hydrogens is 330 g/mol. The van der Waals surface area contributed by atoms with Gasteiger partial charge in [0.1, 0.15) is 11.6 Å². The molecule has 1 aliphatic heterocycles. The maximum absolute atomic E-state index is 13.2. The Balaban J connectivity index is 0.00000264. The van der Waals surface area contributed by atoms with Gasteiger partial charge in [-0.1, -0.05) is 0 Å². The smallest absolute Gasteiger partial charge is 0.307 e. The molecule has 0 spiro atoms. The number of benzene rings is 1. The molecule has 23 heavy (non-hydrogen) atoms. The second-order valence-electron chi connectivity index (χ2n) is 5.05. The fourth-order valence-electron chi connectivity index (χ4n) is 2.42. The standard InChI is InChI=1S/C15H18F2N2O3.ClH/c1-2-22-14(20)8-13-15(21)19(4-3-18-13)9-10-5-11(16)7-12(17)6-10;/h5-7,13,18H,2-4,8-9H2,1H3;1H. The Morgan fingerprint density at radius 1 is 1.35 bits per heavy atom. The summed E-state index contributed by atoms with van der Waals surface area (Å²) in [5, 5.41) is 2.96. The maximum Gasteiger partial charge on any atom is 0.307 e. The van der Waals surface area contributed by atoms with Crippen molar-refractivity contribution in [1.82, 2.24) is 10.2 Å². The quantitative estimate of drug-likeness (QED) is 0.822. The van der Waals surface area contributed by atoms with Crippen molar-refractivity contribution < 1.29 is 23.1 Å². The van der Waals surface area contributed by atoms with Crippen molar-refractivity contribution in [1.29, 1.82) is 0 Å². The second-order valence-corrected chi connectivity index (χ2v) is 5.05. The van der Waals surface area contributed by atoms with Gasteiger partial charge < -0.3 is 15.0 Å². The van der Waals surface area contributed by atoms with Crippen LogP contribution in [0.15, 0.2) is 18.2 Å². The second kappa shape index (κ2) is 8.79. The van der Waals surface area contributed by atoms with E-state index < -0.39 is 23.6 Å². The van der Waals surface area contributed by atoms with Gasteiger partial charge in [0.15, 0.2) is 0 Å². The summed E-state index contributed by atoms with van der Waals surface area (Å²) in [4.78, 5) is 25.3. The van der Waals surface area contributed by atoms with E-state index in [-0.39, 0.29) is 37.9 Å². The van der Waals surface area contributed by atoms with Crippen molar-refractivity contribution in [2.24, 2.45) is 0 Å². The minimum atomic E-state index is -0.680. The highest BCUT2D eigenvalue weighted by atomic mass is 35.5. The van der Waals surface area contributed by atoms with Crippen LogP contribution in [0.2, 0.25) is 0 Å². The first-order chi connectivity index (χ1) is 10.5. The van der Waals surface area contributed by atoms with Crippen LogP contribution in [0.5, 0.6) is 0 Å². The van der Waals surface area contributed by atoms with Gasteiger partial charge in [-0.15, -0.1) is 12.4 Å². The van der Waals surface area contributed by atoms with Crippen molar-refractivity contribution in [3.05, 3.63) is 35.4 Å². The first-order valence-electron chi connectivity index (χ1n) is 7.12. The van der Waals surface area contributed by atoms with Crippen LogP contribution in [-0.4, -0.2) is 42.5 Å². The molecule has 1 atom stereocenters. The zero-order valence-corrected chi connectivity index (χ0v) is 13.5. The van der Waals surface area contributed by atoms with Gasteiger partial charge in [-0.3, -0.25) is 9.59 Å². The number of rotatable bonds is 5. The van der Waals surface area contributed by atoms with Crippen LogP contribution >= 0.6 is 12.4 Å². The van der Waals surface area contributed by atoms with E-state index >= 15 is 0 Å². The van der Waals surface area contributed by atoms with Crippen LogP contribution < -0.4 is 5.32 Å². The maximum atomic E-state index is 13.2. The highest BCUT2D eigenvalue weighted by Crippen LogP contribution is 2.14. The van der Waals surface area contributed by atoms with E-state index in [0.29, 0.717) is 18.7 Å². The molecule has 0 aliphatic carbocycles. The number of ether oxygens (including phenoxy) is 1. The Kier molecular flexibility index (Phi) is 7.38. The minimum absolute atomic E-state index is 0. The van der Waals surface area contributed by atoms with E-state index in [1.807, 2.05) is 0 Å². The molecule has 1 unspecified atom stereocenters. The molecule has 1 amide bonds. The van der Waals surface area contributed by atoms with Crippen LogP contribution in [-0.2, 0) is 20.9 Å². The molecule has 1 aromatic carbocycles. The van der Waals surface area contributed by atoms with Crippen molar-refractivity contribution in [3.63, 3.8) is 0 Å². The molecule has 1 fully saturated rings. The number of nitrogens with zero attached hydrogens (tertiary/aromatic N) is 1. The summed E-state index contributed by atoms with van der Waals surface area (Å²) >= 11 is 0. The van der Waals surface area contributed by atoms with Gasteiger partial charge in [0.2, 0.25) is 5.91 Å². The first kappa shape index (κ1) is 19.3. The summed E-state index contributed by atoms with van der Waals surface area (Å²) < 4.78 is 31.2. The summed E-state index contributed by atoms with van der Waals surface area (Å²) in [5.74, 6) is -2.09. The minimum Gasteiger partial charge on any atom is -0.466 e. The van der Waals surface area contributed by atoms with Gasteiger partial charge in [0.25, 0.3) is 0 Å². The number of hydrogen-bond acceptors (Lipinski definition) is 4. The molecule has 0 aromatic heterocycles. The lowest BCUT2D eigenvalue weighted by molar-refractivity contribution is -0.148. The topological polar surface area (TPSA) is 58.6 Å². The van der Waals surface area contributed by atoms with Crippen LogP contribution in [0.3, 0.4) is 0 Å². The molecular formula is C15H19ClF2N2O3. The van der Waals surface area contributed by atoms with Crippen molar-refractivity contribution in [2.75, 3.05) is 19.7 Å². The van der Waals surface area contributed by atoms with Crippen molar-refractivity contribution in [3.8, 4) is 0 Å². The molecule has 0 bridgehead atoms. The van der Waals surface area contributed by atoms with Crippen LogP contribution in [0, 0.1) is 11.6 Å². The molecule has 128 valence electrons. The largest absolute Gasteiger partial charge is 0.466 e. The monoisotopic (exact) mass is 348 g/mol. The van der Waals surface area contributed by atoms with Crippen molar-refractivity contribution in [2.45, 2.75) is 25.9 Å². The molecule has 0 saturated carbocycles. The highest BCUT2D eigenvalue weighted by molar-refractivity contribution is 5.87. The molecule has 8 heteroatoms. The van der Waals surface area contributed by atoms with Gasteiger partial charge in [0.05, 0.1) is 19.1 Å². The fraction of sp³-hybridized carbons (Fsp3) is 0.467. The predicted molar refractivity (Wildman–Crippen MR) is 82.1 cm³/mol. The summed E-state index contributed by atoms with van der Waals surface area (Å²) in [6, 6.07) is 2.51. The van der Waals surface area contributed by atoms with E-state index in [2.05, 4.69) is 5.32 Å². The fourth-order valence-corrected chi connectivity index (χ4v) is 2.42. The van der Waals surface area contributed by atoms with E-state index in [1.54, 1.807) is 6.92 Å². The molecule has 5 nitrogen and oxygen atoms in total. The zero-order chi connectivity index (χ0) is 16.1. The van der Waals surface area contributed by atoms with E-state index in [0.717, 1.165) is 6.07 Å². The van der Waals surface area contributed by atoms with E-state index in [1.165, 1.54) is 17.0 Å². The first-order valence-corrected chi connectivity index (χ1v) is 7.12. The predicted octanol–water partition coefficient (Wildman–Crippen LogP) is 1.64. The van der Waals surface area contributed by atoms with Gasteiger partial charge in [-0.05, 0) is 24.6 Å². The highest BCUT2D eigenvalue weighted by Gasteiger charge is 2.30. The normalized spacial score (nSPS) is 17.6. The third-order valence-electron chi connectivity index (χ3n) is 3.35. The number of amides is 1. The van der Waals surface area contributed by atoms with Gasteiger partial charge >= 0.3 is 5.97 Å². The third-order valence-corrected chi connectivity index (χ3v) is 3.35. The Hall–Kier alpha value is -1.73. The third kappa shape index (κ3) is 5.44. The lowest BCUT2D eigenvalue weighted by atomic mass is 10.1. The number of nitrogens with one attached hydrogen (secondary N) is 1. The number of piperazine rings is 1. The molecule has 1 heterocycles. The Labute approximate surface area is 139 Å². The number of halogens is 3. The lowest BCUT2D eigenvalue weighted by Crippen LogP contribution is -2.55. The van der Waals surface area contributed by atoms with Gasteiger partial charge in [0, 0.05) is 25.7 Å². The number of esters is 1. The Morgan fingerprint density at radius 3 is 2.61 bits per heavy atom. The molecule has 1 saturated heterocycles. The molecule has 1 N–H and O–H groups in total. The molecule has 2 rings (SSSR count). The summed E-state index contributed by atoms with van der Waals surface area (Å²) in [7, 11) is 0.